The monoisotopic (exact) mass is 338 g/mol. The van der Waals surface area contributed by atoms with E-state index in [0.717, 1.165) is 31.4 Å². The van der Waals surface area contributed by atoms with E-state index in [1.165, 1.54) is 12.1 Å². The molecule has 3 nitrogen and oxygen atoms in total. The third kappa shape index (κ3) is 3.10. The fourth-order valence-electron chi connectivity index (χ4n) is 2.92. The lowest BCUT2D eigenvalue weighted by Gasteiger charge is -2.29. The van der Waals surface area contributed by atoms with Gasteiger partial charge in [0.2, 0.25) is 0 Å². The fourth-order valence-corrected chi connectivity index (χ4v) is 3.41. The molecule has 0 amide bonds. The average molecular weight is 339 g/mol. The van der Waals surface area contributed by atoms with Gasteiger partial charge in [-0.1, -0.05) is 24.4 Å². The lowest BCUT2D eigenvalue weighted by atomic mass is 9.94. The summed E-state index contributed by atoms with van der Waals surface area (Å²) >= 11 is 11.2. The summed E-state index contributed by atoms with van der Waals surface area (Å²) in [5.41, 5.74) is 0.383. The lowest BCUT2D eigenvalue weighted by Crippen LogP contribution is -2.45. The molecular formula is C16H16ClFN2OS. The molecule has 1 saturated carbocycles. The van der Waals surface area contributed by atoms with Crippen molar-refractivity contribution in [1.82, 2.24) is 5.32 Å². The van der Waals surface area contributed by atoms with Crippen LogP contribution in [0.25, 0.3) is 0 Å². The summed E-state index contributed by atoms with van der Waals surface area (Å²) in [6.07, 6.45) is 5.85. The number of hydrogen-bond donors (Lipinski definition) is 2. The molecule has 0 radical (unpaired) electrons. The molecule has 1 aromatic carbocycles. The van der Waals surface area contributed by atoms with Gasteiger partial charge in [-0.2, -0.15) is 0 Å². The number of thiocarbonyl (C=S) groups is 1. The number of anilines is 1. The maximum atomic E-state index is 13.2. The van der Waals surface area contributed by atoms with E-state index in [9.17, 15) is 4.39 Å². The van der Waals surface area contributed by atoms with Crippen LogP contribution in [0, 0.1) is 5.82 Å². The summed E-state index contributed by atoms with van der Waals surface area (Å²) < 4.78 is 18.8. The average Bonchev–Trinajstić information content (AvgIpc) is 3.14. The Labute approximate surface area is 138 Å². The molecule has 2 aromatic rings. The van der Waals surface area contributed by atoms with Crippen LogP contribution >= 0.6 is 23.8 Å². The Morgan fingerprint density at radius 3 is 2.68 bits per heavy atom. The van der Waals surface area contributed by atoms with Crippen LogP contribution in [0.5, 0.6) is 0 Å². The molecule has 0 bridgehead atoms. The van der Waals surface area contributed by atoms with Gasteiger partial charge in [-0.25, -0.2) is 4.39 Å². The fraction of sp³-hybridized carbons (Fsp3) is 0.312. The molecule has 1 fully saturated rings. The Morgan fingerprint density at radius 1 is 1.27 bits per heavy atom. The molecule has 0 unspecified atom stereocenters. The normalized spacial score (nSPS) is 16.5. The van der Waals surface area contributed by atoms with Gasteiger partial charge in [-0.15, -0.1) is 0 Å². The molecule has 1 aliphatic rings. The third-order valence-corrected chi connectivity index (χ3v) is 4.47. The molecule has 6 heteroatoms. The first-order valence-corrected chi connectivity index (χ1v) is 7.96. The van der Waals surface area contributed by atoms with Crippen molar-refractivity contribution < 1.29 is 8.81 Å². The zero-order chi connectivity index (χ0) is 15.6. The van der Waals surface area contributed by atoms with Crippen LogP contribution in [-0.4, -0.2) is 5.11 Å². The minimum Gasteiger partial charge on any atom is -0.467 e. The van der Waals surface area contributed by atoms with Crippen molar-refractivity contribution in [3.05, 3.63) is 53.2 Å². The number of hydrogen-bond acceptors (Lipinski definition) is 2. The Bertz CT molecular complexity index is 669. The van der Waals surface area contributed by atoms with E-state index in [2.05, 4.69) is 10.6 Å². The highest BCUT2D eigenvalue weighted by molar-refractivity contribution is 7.80. The van der Waals surface area contributed by atoms with Crippen LogP contribution in [0.15, 0.2) is 41.0 Å². The number of furan rings is 1. The van der Waals surface area contributed by atoms with E-state index in [4.69, 9.17) is 28.2 Å². The quantitative estimate of drug-likeness (QED) is 0.786. The van der Waals surface area contributed by atoms with Crippen molar-refractivity contribution in [1.29, 1.82) is 0 Å². The summed E-state index contributed by atoms with van der Waals surface area (Å²) in [6.45, 7) is 0. The second-order valence-electron chi connectivity index (χ2n) is 5.47. The third-order valence-electron chi connectivity index (χ3n) is 3.98. The van der Waals surface area contributed by atoms with Gasteiger partial charge < -0.3 is 15.1 Å². The van der Waals surface area contributed by atoms with Crippen molar-refractivity contribution in [2.75, 3.05) is 5.32 Å². The molecule has 22 heavy (non-hydrogen) atoms. The lowest BCUT2D eigenvalue weighted by molar-refractivity contribution is 0.317. The Morgan fingerprint density at radius 2 is 2.05 bits per heavy atom. The molecule has 1 aromatic heterocycles. The first-order valence-electron chi connectivity index (χ1n) is 7.17. The largest absolute Gasteiger partial charge is 0.467 e. The molecule has 1 heterocycles. The zero-order valence-corrected chi connectivity index (χ0v) is 13.4. The van der Waals surface area contributed by atoms with E-state index >= 15 is 0 Å². The molecule has 3 rings (SSSR count). The van der Waals surface area contributed by atoms with Gasteiger partial charge in [-0.05, 0) is 55.4 Å². The van der Waals surface area contributed by atoms with Crippen LogP contribution < -0.4 is 10.6 Å². The first-order chi connectivity index (χ1) is 10.6. The van der Waals surface area contributed by atoms with Gasteiger partial charge >= 0.3 is 0 Å². The van der Waals surface area contributed by atoms with Gasteiger partial charge in [0.05, 0.1) is 16.8 Å². The SMILES string of the molecule is Fc1ccc(NC(=S)NC2(c3ccco3)CCCC2)cc1Cl. The Balaban J connectivity index is 1.73. The van der Waals surface area contributed by atoms with E-state index in [1.807, 2.05) is 12.1 Å². The predicted molar refractivity (Wildman–Crippen MR) is 89.6 cm³/mol. The summed E-state index contributed by atoms with van der Waals surface area (Å²) in [5.74, 6) is 0.445. The second-order valence-corrected chi connectivity index (χ2v) is 6.29. The molecule has 2 N–H and O–H groups in total. The Kier molecular flexibility index (Phi) is 4.36. The van der Waals surface area contributed by atoms with E-state index in [1.54, 1.807) is 12.3 Å². The highest BCUT2D eigenvalue weighted by Crippen LogP contribution is 2.39. The topological polar surface area (TPSA) is 37.2 Å². The zero-order valence-electron chi connectivity index (χ0n) is 11.9. The highest BCUT2D eigenvalue weighted by Gasteiger charge is 2.38. The van der Waals surface area contributed by atoms with Crippen LogP contribution in [-0.2, 0) is 5.54 Å². The Hall–Kier alpha value is -1.59. The van der Waals surface area contributed by atoms with Crippen LogP contribution in [0.2, 0.25) is 5.02 Å². The maximum Gasteiger partial charge on any atom is 0.171 e. The van der Waals surface area contributed by atoms with Gasteiger partial charge in [0.1, 0.15) is 11.6 Å². The first kappa shape index (κ1) is 15.3. The maximum absolute atomic E-state index is 13.2. The highest BCUT2D eigenvalue weighted by atomic mass is 35.5. The van der Waals surface area contributed by atoms with Crippen molar-refractivity contribution in [3.8, 4) is 0 Å². The molecule has 0 spiro atoms. The summed E-state index contributed by atoms with van der Waals surface area (Å²) in [6, 6.07) is 8.27. The second kappa shape index (κ2) is 6.26. The van der Waals surface area contributed by atoms with E-state index in [0.29, 0.717) is 10.8 Å². The molecule has 0 aliphatic heterocycles. The van der Waals surface area contributed by atoms with Crippen molar-refractivity contribution >= 4 is 34.6 Å². The smallest absolute Gasteiger partial charge is 0.171 e. The van der Waals surface area contributed by atoms with E-state index in [-0.39, 0.29) is 10.6 Å². The minimum atomic E-state index is -0.450. The van der Waals surface area contributed by atoms with Crippen LogP contribution in [0.4, 0.5) is 10.1 Å². The van der Waals surface area contributed by atoms with Crippen molar-refractivity contribution in [2.24, 2.45) is 0 Å². The van der Waals surface area contributed by atoms with E-state index < -0.39 is 5.82 Å². The number of nitrogens with one attached hydrogen (secondary N) is 2. The minimum absolute atomic E-state index is 0.0643. The molecule has 1 aliphatic carbocycles. The number of halogens is 2. The number of benzene rings is 1. The summed E-state index contributed by atoms with van der Waals surface area (Å²) in [4.78, 5) is 0. The molecule has 116 valence electrons. The van der Waals surface area contributed by atoms with Crippen molar-refractivity contribution in [3.63, 3.8) is 0 Å². The van der Waals surface area contributed by atoms with Gasteiger partial charge in [-0.3, -0.25) is 0 Å². The van der Waals surface area contributed by atoms with Gasteiger partial charge in [0.25, 0.3) is 0 Å². The van der Waals surface area contributed by atoms with Gasteiger partial charge in [0.15, 0.2) is 5.11 Å². The van der Waals surface area contributed by atoms with Gasteiger partial charge in [0, 0.05) is 5.69 Å². The molecular weight excluding hydrogens is 323 g/mol. The van der Waals surface area contributed by atoms with Crippen LogP contribution in [0.1, 0.15) is 31.4 Å². The predicted octanol–water partition coefficient (Wildman–Crippen LogP) is 4.83. The standard InChI is InChI=1S/C16H16ClFN2OS/c17-12-10-11(5-6-13(12)18)19-15(22)20-16(7-1-2-8-16)14-4-3-9-21-14/h3-6,9-10H,1-2,7-8H2,(H2,19,20,22). The number of rotatable bonds is 3. The summed E-state index contributed by atoms with van der Waals surface area (Å²) in [7, 11) is 0. The molecule has 0 atom stereocenters. The molecule has 0 saturated heterocycles. The summed E-state index contributed by atoms with van der Waals surface area (Å²) in [5, 5.41) is 6.96. The van der Waals surface area contributed by atoms with Crippen LogP contribution in [0.3, 0.4) is 0 Å². The van der Waals surface area contributed by atoms with Crippen molar-refractivity contribution in [2.45, 2.75) is 31.2 Å².